The lowest BCUT2D eigenvalue weighted by molar-refractivity contribution is -0.136. The van der Waals surface area contributed by atoms with E-state index in [1.165, 1.54) is 32.4 Å². The summed E-state index contributed by atoms with van der Waals surface area (Å²) in [5, 5.41) is 9.38. The van der Waals surface area contributed by atoms with Crippen LogP contribution in [-0.4, -0.2) is 26.8 Å². The second-order valence-electron chi connectivity index (χ2n) is 4.71. The van der Waals surface area contributed by atoms with Crippen LogP contribution in [0.1, 0.15) is 11.5 Å². The molecule has 0 saturated heterocycles. The molecule has 0 unspecified atom stereocenters. The predicted octanol–water partition coefficient (Wildman–Crippen LogP) is 1.71. The molecule has 1 aliphatic heterocycles. The van der Waals surface area contributed by atoms with E-state index in [1.54, 1.807) is 6.07 Å². The number of allylic oxidation sites excluding steroid dienone is 1. The highest BCUT2D eigenvalue weighted by Crippen LogP contribution is 2.40. The number of ether oxygens (including phenoxy) is 3. The zero-order chi connectivity index (χ0) is 17.0. The van der Waals surface area contributed by atoms with E-state index in [-0.39, 0.29) is 35.0 Å². The molecule has 0 spiro atoms. The number of carbonyl (C=O) groups excluding carboxylic acids is 1. The van der Waals surface area contributed by atoms with Crippen LogP contribution in [0.15, 0.2) is 47.1 Å². The molecule has 0 radical (unpaired) electrons. The van der Waals surface area contributed by atoms with Gasteiger partial charge in [0.1, 0.15) is 29.8 Å². The minimum absolute atomic E-state index is 0.00907. The van der Waals surface area contributed by atoms with Crippen molar-refractivity contribution in [1.82, 2.24) is 0 Å². The van der Waals surface area contributed by atoms with Gasteiger partial charge < -0.3 is 19.9 Å². The Morgan fingerprint density at radius 1 is 1.43 bits per heavy atom. The van der Waals surface area contributed by atoms with E-state index in [1.807, 2.05) is 6.07 Å². The molecule has 0 fully saturated rings. The van der Waals surface area contributed by atoms with Gasteiger partial charge in [-0.2, -0.15) is 5.26 Å². The van der Waals surface area contributed by atoms with Crippen molar-refractivity contribution in [3.63, 3.8) is 0 Å². The third-order valence-electron chi connectivity index (χ3n) is 3.39. The number of methoxy groups -OCH3 is 2. The maximum Gasteiger partial charge on any atom is 0.338 e. The number of rotatable bonds is 4. The molecule has 1 atom stereocenters. The van der Waals surface area contributed by atoms with Gasteiger partial charge in [0, 0.05) is 12.7 Å². The van der Waals surface area contributed by atoms with Crippen molar-refractivity contribution in [1.29, 1.82) is 5.26 Å². The third kappa shape index (κ3) is 3.03. The first kappa shape index (κ1) is 16.5. The molecule has 1 aromatic rings. The zero-order valence-corrected chi connectivity index (χ0v) is 12.6. The predicted molar refractivity (Wildman–Crippen MR) is 78.0 cm³/mol. The molecular formula is C16H15FN2O4. The van der Waals surface area contributed by atoms with Crippen molar-refractivity contribution in [3.8, 4) is 6.07 Å². The van der Waals surface area contributed by atoms with Crippen LogP contribution >= 0.6 is 0 Å². The van der Waals surface area contributed by atoms with Crippen LogP contribution in [0, 0.1) is 17.1 Å². The van der Waals surface area contributed by atoms with Gasteiger partial charge in [0.25, 0.3) is 0 Å². The highest BCUT2D eigenvalue weighted by atomic mass is 19.1. The second kappa shape index (κ2) is 6.94. The molecule has 2 rings (SSSR count). The van der Waals surface area contributed by atoms with Crippen molar-refractivity contribution in [3.05, 3.63) is 58.4 Å². The van der Waals surface area contributed by atoms with Gasteiger partial charge in [-0.3, -0.25) is 0 Å². The lowest BCUT2D eigenvalue weighted by Gasteiger charge is -2.27. The molecule has 0 amide bonds. The fourth-order valence-corrected chi connectivity index (χ4v) is 2.41. The summed E-state index contributed by atoms with van der Waals surface area (Å²) >= 11 is 0. The molecule has 2 N–H and O–H groups in total. The van der Waals surface area contributed by atoms with E-state index in [0.29, 0.717) is 0 Å². The Morgan fingerprint density at radius 3 is 2.70 bits per heavy atom. The molecule has 1 heterocycles. The van der Waals surface area contributed by atoms with E-state index in [9.17, 15) is 14.4 Å². The largest absolute Gasteiger partial charge is 0.466 e. The van der Waals surface area contributed by atoms with E-state index in [0.717, 1.165) is 0 Å². The SMILES string of the molecule is COCC1=C(C(=O)OC)[C@@H](c2ccccc2F)C(C#N)=C(N)O1. The first-order chi connectivity index (χ1) is 11.0. The van der Waals surface area contributed by atoms with E-state index in [2.05, 4.69) is 0 Å². The summed E-state index contributed by atoms with van der Waals surface area (Å²) in [6, 6.07) is 7.70. The van der Waals surface area contributed by atoms with Gasteiger partial charge >= 0.3 is 5.97 Å². The van der Waals surface area contributed by atoms with Gasteiger partial charge in [-0.15, -0.1) is 0 Å². The van der Waals surface area contributed by atoms with Crippen molar-refractivity contribution in [2.45, 2.75) is 5.92 Å². The van der Waals surface area contributed by atoms with Crippen LogP contribution in [0.2, 0.25) is 0 Å². The number of esters is 1. The fraction of sp³-hybridized carbons (Fsp3) is 0.250. The number of nitriles is 1. The summed E-state index contributed by atoms with van der Waals surface area (Å²) in [6.45, 7) is -0.0746. The van der Waals surface area contributed by atoms with Crippen LogP contribution in [0.25, 0.3) is 0 Å². The molecule has 6 nitrogen and oxygen atoms in total. The first-order valence-corrected chi connectivity index (χ1v) is 6.67. The Morgan fingerprint density at radius 2 is 2.13 bits per heavy atom. The van der Waals surface area contributed by atoms with Crippen LogP contribution in [0.3, 0.4) is 0 Å². The Bertz CT molecular complexity index is 734. The molecule has 0 saturated carbocycles. The summed E-state index contributed by atoms with van der Waals surface area (Å²) in [5.41, 5.74) is 5.82. The number of nitrogens with zero attached hydrogens (tertiary/aromatic N) is 1. The highest BCUT2D eigenvalue weighted by molar-refractivity contribution is 5.92. The average molecular weight is 318 g/mol. The number of hydrogen-bond acceptors (Lipinski definition) is 6. The number of hydrogen-bond donors (Lipinski definition) is 1. The maximum absolute atomic E-state index is 14.2. The molecule has 0 aromatic heterocycles. The molecular weight excluding hydrogens is 303 g/mol. The summed E-state index contributed by atoms with van der Waals surface area (Å²) in [4.78, 5) is 12.2. The number of halogens is 1. The summed E-state index contributed by atoms with van der Waals surface area (Å²) in [6.07, 6.45) is 0. The second-order valence-corrected chi connectivity index (χ2v) is 4.71. The first-order valence-electron chi connectivity index (χ1n) is 6.67. The normalized spacial score (nSPS) is 17.6. The monoisotopic (exact) mass is 318 g/mol. The van der Waals surface area contributed by atoms with Crippen LogP contribution in [-0.2, 0) is 19.0 Å². The quantitative estimate of drug-likeness (QED) is 0.849. The van der Waals surface area contributed by atoms with Gasteiger partial charge in [-0.1, -0.05) is 18.2 Å². The van der Waals surface area contributed by atoms with Gasteiger partial charge in [0.2, 0.25) is 5.88 Å². The minimum atomic E-state index is -1.02. The van der Waals surface area contributed by atoms with E-state index < -0.39 is 17.7 Å². The summed E-state index contributed by atoms with van der Waals surface area (Å²) in [7, 11) is 2.59. The number of nitrogens with two attached hydrogens (primary N) is 1. The summed E-state index contributed by atoms with van der Waals surface area (Å²) in [5.74, 6) is -2.44. The zero-order valence-electron chi connectivity index (χ0n) is 12.6. The van der Waals surface area contributed by atoms with Gasteiger partial charge in [0.15, 0.2) is 0 Å². The van der Waals surface area contributed by atoms with Crippen molar-refractivity contribution >= 4 is 5.97 Å². The Kier molecular flexibility index (Phi) is 4.98. The van der Waals surface area contributed by atoms with Crippen LogP contribution < -0.4 is 5.73 Å². The summed E-state index contributed by atoms with van der Waals surface area (Å²) < 4.78 is 29.3. The van der Waals surface area contributed by atoms with Crippen molar-refractivity contribution in [2.75, 3.05) is 20.8 Å². The van der Waals surface area contributed by atoms with Gasteiger partial charge in [-0.25, -0.2) is 9.18 Å². The number of benzene rings is 1. The molecule has 1 aromatic carbocycles. The molecule has 7 heteroatoms. The highest BCUT2D eigenvalue weighted by Gasteiger charge is 2.38. The van der Waals surface area contributed by atoms with E-state index in [4.69, 9.17) is 19.9 Å². The topological polar surface area (TPSA) is 94.6 Å². The molecule has 120 valence electrons. The standard InChI is InChI=1S/C16H15FN2O4/c1-21-8-12-14(16(20)22-2)13(10(7-18)15(19)23-12)9-5-3-4-6-11(9)17/h3-6,13H,8,19H2,1-2H3/t13-/m0/s1. The van der Waals surface area contributed by atoms with Crippen molar-refractivity contribution in [2.24, 2.45) is 5.73 Å². The molecule has 23 heavy (non-hydrogen) atoms. The van der Waals surface area contributed by atoms with Gasteiger partial charge in [-0.05, 0) is 6.07 Å². The van der Waals surface area contributed by atoms with Gasteiger partial charge in [0.05, 0.1) is 18.6 Å². The Labute approximate surface area is 132 Å². The Balaban J connectivity index is 2.72. The minimum Gasteiger partial charge on any atom is -0.466 e. The molecule has 0 aliphatic carbocycles. The third-order valence-corrected chi connectivity index (χ3v) is 3.39. The number of carbonyl (C=O) groups is 1. The maximum atomic E-state index is 14.2. The van der Waals surface area contributed by atoms with Crippen LogP contribution in [0.4, 0.5) is 4.39 Å². The fourth-order valence-electron chi connectivity index (χ4n) is 2.41. The Hall–Kier alpha value is -2.85. The lowest BCUT2D eigenvalue weighted by atomic mass is 9.82. The average Bonchev–Trinajstić information content (AvgIpc) is 2.54. The van der Waals surface area contributed by atoms with Crippen LogP contribution in [0.5, 0.6) is 0 Å². The smallest absolute Gasteiger partial charge is 0.338 e. The van der Waals surface area contributed by atoms with Crippen molar-refractivity contribution < 1.29 is 23.4 Å². The molecule has 0 bridgehead atoms. The van der Waals surface area contributed by atoms with E-state index >= 15 is 0 Å². The molecule has 1 aliphatic rings. The lowest BCUT2D eigenvalue weighted by Crippen LogP contribution is -2.27.